The van der Waals surface area contributed by atoms with Crippen LogP contribution in [0.4, 0.5) is 0 Å². The van der Waals surface area contributed by atoms with Crippen molar-refractivity contribution in [2.75, 3.05) is 0 Å². The second kappa shape index (κ2) is 4.69. The lowest BCUT2D eigenvalue weighted by atomic mass is 9.87. The van der Waals surface area contributed by atoms with Crippen molar-refractivity contribution in [2.45, 2.75) is 46.6 Å². The largest absolute Gasteiger partial charge is 0.341 e. The molecule has 3 N–H and O–H groups in total. The highest BCUT2D eigenvalue weighted by atomic mass is 15.0. The Bertz CT molecular complexity index is 536. The molecule has 0 amide bonds. The molecule has 0 aliphatic rings. The molecule has 1 unspecified atom stereocenters. The van der Waals surface area contributed by atoms with Crippen LogP contribution in [-0.4, -0.2) is 21.0 Å². The van der Waals surface area contributed by atoms with Gasteiger partial charge >= 0.3 is 0 Å². The molecule has 0 aliphatic heterocycles. The van der Waals surface area contributed by atoms with Crippen LogP contribution in [0.25, 0.3) is 11.2 Å². The van der Waals surface area contributed by atoms with Crippen molar-refractivity contribution in [3.63, 3.8) is 0 Å². The van der Waals surface area contributed by atoms with Gasteiger partial charge in [-0.3, -0.25) is 0 Å². The number of pyridine rings is 1. The molecule has 98 valence electrons. The highest BCUT2D eigenvalue weighted by molar-refractivity contribution is 5.70. The molecule has 0 saturated carbocycles. The second-order valence-electron chi connectivity index (χ2n) is 6.30. The van der Waals surface area contributed by atoms with E-state index in [0.717, 1.165) is 35.4 Å². The van der Waals surface area contributed by atoms with E-state index in [1.165, 1.54) is 0 Å². The Labute approximate surface area is 108 Å². The van der Waals surface area contributed by atoms with Crippen LogP contribution in [-0.2, 0) is 6.42 Å². The standard InChI is InChI=1S/C14H22N4/c1-9-5-11-13(16-8-9)18-12(17-11)6-10(15)7-14(2,3)4/h5,8,10H,6-7,15H2,1-4H3,(H,16,17,18). The molecule has 1 atom stereocenters. The number of aryl methyl sites for hydroxylation is 1. The summed E-state index contributed by atoms with van der Waals surface area (Å²) in [7, 11) is 0. The number of rotatable bonds is 3. The molecular weight excluding hydrogens is 224 g/mol. The Hall–Kier alpha value is -1.42. The minimum Gasteiger partial charge on any atom is -0.341 e. The fraction of sp³-hybridized carbons (Fsp3) is 0.571. The SMILES string of the molecule is Cc1cnc2nc(CC(N)CC(C)(C)C)[nH]c2c1. The highest BCUT2D eigenvalue weighted by Gasteiger charge is 2.17. The number of nitrogens with one attached hydrogen (secondary N) is 1. The first kappa shape index (κ1) is 13.0. The van der Waals surface area contributed by atoms with E-state index in [0.29, 0.717) is 0 Å². The minimum absolute atomic E-state index is 0.131. The molecule has 2 aromatic rings. The Morgan fingerprint density at radius 2 is 2.11 bits per heavy atom. The highest BCUT2D eigenvalue weighted by Crippen LogP contribution is 2.21. The van der Waals surface area contributed by atoms with Crippen LogP contribution >= 0.6 is 0 Å². The van der Waals surface area contributed by atoms with Crippen LogP contribution < -0.4 is 5.73 Å². The van der Waals surface area contributed by atoms with Gasteiger partial charge in [0.1, 0.15) is 5.82 Å². The number of nitrogens with two attached hydrogens (primary N) is 1. The lowest BCUT2D eigenvalue weighted by Crippen LogP contribution is -2.28. The summed E-state index contributed by atoms with van der Waals surface area (Å²) in [6.45, 7) is 8.64. The van der Waals surface area contributed by atoms with Gasteiger partial charge in [-0.05, 0) is 30.4 Å². The maximum Gasteiger partial charge on any atom is 0.177 e. The normalized spacial score (nSPS) is 14.1. The van der Waals surface area contributed by atoms with E-state index in [1.807, 2.05) is 13.1 Å². The predicted molar refractivity (Wildman–Crippen MR) is 74.4 cm³/mol. The first-order valence-corrected chi connectivity index (χ1v) is 6.40. The molecule has 0 aromatic carbocycles. The van der Waals surface area contributed by atoms with E-state index < -0.39 is 0 Å². The van der Waals surface area contributed by atoms with Crippen molar-refractivity contribution >= 4 is 11.2 Å². The summed E-state index contributed by atoms with van der Waals surface area (Å²) in [5.74, 6) is 0.930. The van der Waals surface area contributed by atoms with Gasteiger partial charge in [0.25, 0.3) is 0 Å². The predicted octanol–water partition coefficient (Wildman–Crippen LogP) is 2.57. The summed E-state index contributed by atoms with van der Waals surface area (Å²) < 4.78 is 0. The van der Waals surface area contributed by atoms with E-state index in [-0.39, 0.29) is 11.5 Å². The maximum absolute atomic E-state index is 6.16. The van der Waals surface area contributed by atoms with Gasteiger partial charge in [0, 0.05) is 18.7 Å². The van der Waals surface area contributed by atoms with E-state index in [1.54, 1.807) is 0 Å². The van der Waals surface area contributed by atoms with Gasteiger partial charge in [0.15, 0.2) is 5.65 Å². The van der Waals surface area contributed by atoms with Crippen LogP contribution in [0.3, 0.4) is 0 Å². The Balaban J connectivity index is 2.12. The second-order valence-corrected chi connectivity index (χ2v) is 6.30. The average Bonchev–Trinajstić information content (AvgIpc) is 2.55. The van der Waals surface area contributed by atoms with Crippen molar-refractivity contribution in [3.05, 3.63) is 23.7 Å². The van der Waals surface area contributed by atoms with Crippen molar-refractivity contribution in [3.8, 4) is 0 Å². The van der Waals surface area contributed by atoms with Gasteiger partial charge in [-0.15, -0.1) is 0 Å². The summed E-state index contributed by atoms with van der Waals surface area (Å²) >= 11 is 0. The maximum atomic E-state index is 6.16. The van der Waals surface area contributed by atoms with Crippen molar-refractivity contribution in [1.82, 2.24) is 15.0 Å². The van der Waals surface area contributed by atoms with E-state index in [4.69, 9.17) is 5.73 Å². The third-order valence-electron chi connectivity index (χ3n) is 2.85. The number of H-pyrrole nitrogens is 1. The van der Waals surface area contributed by atoms with Crippen LogP contribution in [0.2, 0.25) is 0 Å². The first-order valence-electron chi connectivity index (χ1n) is 6.40. The number of imidazole rings is 1. The number of hydrogen-bond donors (Lipinski definition) is 2. The molecule has 2 aromatic heterocycles. The number of nitrogens with zero attached hydrogens (tertiary/aromatic N) is 2. The van der Waals surface area contributed by atoms with Crippen molar-refractivity contribution in [2.24, 2.45) is 11.1 Å². The summed E-state index contributed by atoms with van der Waals surface area (Å²) in [5.41, 5.74) is 9.32. The lowest BCUT2D eigenvalue weighted by Gasteiger charge is -2.22. The number of aromatic nitrogens is 3. The first-order chi connectivity index (χ1) is 8.33. The van der Waals surface area contributed by atoms with Gasteiger partial charge in [-0.2, -0.15) is 0 Å². The molecule has 0 saturated heterocycles. The molecule has 0 aliphatic carbocycles. The Morgan fingerprint density at radius 3 is 2.78 bits per heavy atom. The third-order valence-corrected chi connectivity index (χ3v) is 2.85. The van der Waals surface area contributed by atoms with Gasteiger partial charge < -0.3 is 10.7 Å². The van der Waals surface area contributed by atoms with Crippen molar-refractivity contribution in [1.29, 1.82) is 0 Å². The number of fused-ring (bicyclic) bond motifs is 1. The third kappa shape index (κ3) is 3.29. The van der Waals surface area contributed by atoms with E-state index in [2.05, 4.69) is 41.8 Å². The Kier molecular flexibility index (Phi) is 3.39. The average molecular weight is 246 g/mol. The van der Waals surface area contributed by atoms with E-state index in [9.17, 15) is 0 Å². The number of hydrogen-bond acceptors (Lipinski definition) is 3. The molecule has 0 radical (unpaired) electrons. The van der Waals surface area contributed by atoms with Crippen LogP contribution in [0.1, 0.15) is 38.6 Å². The smallest absolute Gasteiger partial charge is 0.177 e. The number of aromatic amines is 1. The molecule has 0 fully saturated rings. The van der Waals surface area contributed by atoms with Gasteiger partial charge in [-0.25, -0.2) is 9.97 Å². The van der Waals surface area contributed by atoms with Gasteiger partial charge in [0.2, 0.25) is 0 Å². The summed E-state index contributed by atoms with van der Waals surface area (Å²) in [5, 5.41) is 0. The topological polar surface area (TPSA) is 67.6 Å². The molecule has 18 heavy (non-hydrogen) atoms. The monoisotopic (exact) mass is 246 g/mol. The fourth-order valence-corrected chi connectivity index (χ4v) is 2.26. The quantitative estimate of drug-likeness (QED) is 0.874. The lowest BCUT2D eigenvalue weighted by molar-refractivity contribution is 0.337. The minimum atomic E-state index is 0.131. The van der Waals surface area contributed by atoms with Crippen LogP contribution in [0, 0.1) is 12.3 Å². The summed E-state index contributed by atoms with van der Waals surface area (Å²) in [6, 6.07) is 2.19. The zero-order valence-corrected chi connectivity index (χ0v) is 11.6. The van der Waals surface area contributed by atoms with Crippen molar-refractivity contribution < 1.29 is 0 Å². The fourth-order valence-electron chi connectivity index (χ4n) is 2.26. The Morgan fingerprint density at radius 1 is 1.39 bits per heavy atom. The molecule has 2 rings (SSSR count). The van der Waals surface area contributed by atoms with Crippen LogP contribution in [0.15, 0.2) is 12.3 Å². The van der Waals surface area contributed by atoms with Crippen LogP contribution in [0.5, 0.6) is 0 Å². The summed E-state index contributed by atoms with van der Waals surface area (Å²) in [4.78, 5) is 12.1. The molecule has 0 bridgehead atoms. The zero-order chi connectivity index (χ0) is 13.3. The molecule has 0 spiro atoms. The molecular formula is C14H22N4. The van der Waals surface area contributed by atoms with Gasteiger partial charge in [0.05, 0.1) is 5.52 Å². The molecule has 4 heteroatoms. The van der Waals surface area contributed by atoms with Gasteiger partial charge in [-0.1, -0.05) is 20.8 Å². The van der Waals surface area contributed by atoms with E-state index >= 15 is 0 Å². The molecule has 2 heterocycles. The molecule has 4 nitrogen and oxygen atoms in total. The summed E-state index contributed by atoms with van der Waals surface area (Å²) in [6.07, 6.45) is 3.59. The zero-order valence-electron chi connectivity index (χ0n) is 11.6.